The highest BCUT2D eigenvalue weighted by molar-refractivity contribution is 5.23. The quantitative estimate of drug-likeness (QED) is 0.662. The molecule has 3 unspecified atom stereocenters. The van der Waals surface area contributed by atoms with Gasteiger partial charge >= 0.3 is 0 Å². The molecule has 1 nitrogen and oxygen atoms in total. The summed E-state index contributed by atoms with van der Waals surface area (Å²) in [5.74, 6) is 1.77. The first-order valence-electron chi connectivity index (χ1n) is 5.46. The van der Waals surface area contributed by atoms with Crippen LogP contribution in [0.25, 0.3) is 0 Å². The van der Waals surface area contributed by atoms with E-state index in [1.807, 2.05) is 0 Å². The van der Waals surface area contributed by atoms with Crippen molar-refractivity contribution >= 4 is 0 Å². The SMILES string of the molecule is CC1=CC2C(CC1)C2(C)CCCO. The molecule has 2 rings (SSSR count). The Morgan fingerprint density at radius 1 is 1.62 bits per heavy atom. The van der Waals surface area contributed by atoms with Gasteiger partial charge in [0.25, 0.3) is 0 Å². The number of aliphatic hydroxyl groups is 1. The predicted molar refractivity (Wildman–Crippen MR) is 54.4 cm³/mol. The average molecular weight is 180 g/mol. The number of rotatable bonds is 3. The van der Waals surface area contributed by atoms with E-state index in [4.69, 9.17) is 5.11 Å². The Balaban J connectivity index is 1.98. The number of hydrogen-bond donors (Lipinski definition) is 1. The number of allylic oxidation sites excluding steroid dienone is 2. The number of aliphatic hydroxyl groups excluding tert-OH is 1. The lowest BCUT2D eigenvalue weighted by Gasteiger charge is -2.08. The summed E-state index contributed by atoms with van der Waals surface area (Å²) in [7, 11) is 0. The van der Waals surface area contributed by atoms with Crippen molar-refractivity contribution in [2.24, 2.45) is 17.3 Å². The van der Waals surface area contributed by atoms with Gasteiger partial charge in [0.05, 0.1) is 0 Å². The Labute approximate surface area is 80.8 Å². The summed E-state index contributed by atoms with van der Waals surface area (Å²) < 4.78 is 0. The summed E-state index contributed by atoms with van der Waals surface area (Å²) in [6.07, 6.45) is 7.36. The lowest BCUT2D eigenvalue weighted by Crippen LogP contribution is -2.00. The molecule has 0 bridgehead atoms. The van der Waals surface area contributed by atoms with Crippen molar-refractivity contribution < 1.29 is 5.11 Å². The van der Waals surface area contributed by atoms with Gasteiger partial charge in [-0.05, 0) is 49.9 Å². The molecule has 0 aromatic heterocycles. The second kappa shape index (κ2) is 3.13. The van der Waals surface area contributed by atoms with Crippen LogP contribution in [-0.2, 0) is 0 Å². The highest BCUT2D eigenvalue weighted by atomic mass is 16.2. The molecule has 0 heterocycles. The van der Waals surface area contributed by atoms with Crippen LogP contribution in [0.3, 0.4) is 0 Å². The third kappa shape index (κ3) is 1.43. The lowest BCUT2D eigenvalue weighted by molar-refractivity contribution is 0.264. The van der Waals surface area contributed by atoms with Crippen LogP contribution in [0, 0.1) is 17.3 Å². The fourth-order valence-electron chi connectivity index (χ4n) is 3.10. The standard InChI is InChI=1S/C12H20O/c1-9-4-5-10-11(8-9)12(10,2)6-3-7-13/h8,10-11,13H,3-7H2,1-2H3. The molecular weight excluding hydrogens is 160 g/mol. The van der Waals surface area contributed by atoms with Crippen LogP contribution in [0.15, 0.2) is 11.6 Å². The van der Waals surface area contributed by atoms with Gasteiger partial charge in [-0.3, -0.25) is 0 Å². The molecule has 2 aliphatic rings. The van der Waals surface area contributed by atoms with E-state index in [0.717, 1.165) is 18.3 Å². The van der Waals surface area contributed by atoms with Gasteiger partial charge in [-0.2, -0.15) is 0 Å². The van der Waals surface area contributed by atoms with Crippen LogP contribution < -0.4 is 0 Å². The molecule has 13 heavy (non-hydrogen) atoms. The molecule has 0 aliphatic heterocycles. The van der Waals surface area contributed by atoms with Crippen molar-refractivity contribution in [1.82, 2.24) is 0 Å². The summed E-state index contributed by atoms with van der Waals surface area (Å²) >= 11 is 0. The van der Waals surface area contributed by atoms with Gasteiger partial charge in [0.15, 0.2) is 0 Å². The van der Waals surface area contributed by atoms with Crippen LogP contribution in [0.4, 0.5) is 0 Å². The van der Waals surface area contributed by atoms with Gasteiger partial charge < -0.3 is 5.11 Å². The molecule has 0 aromatic rings. The monoisotopic (exact) mass is 180 g/mol. The Kier molecular flexibility index (Phi) is 2.23. The fourth-order valence-corrected chi connectivity index (χ4v) is 3.10. The first-order valence-corrected chi connectivity index (χ1v) is 5.46. The molecule has 0 amide bonds. The summed E-state index contributed by atoms with van der Waals surface area (Å²) in [4.78, 5) is 0. The first-order chi connectivity index (χ1) is 6.18. The topological polar surface area (TPSA) is 20.2 Å². The third-order valence-electron chi connectivity index (χ3n) is 4.12. The zero-order valence-corrected chi connectivity index (χ0v) is 8.71. The molecule has 74 valence electrons. The maximum atomic E-state index is 8.83. The van der Waals surface area contributed by atoms with E-state index in [1.165, 1.54) is 19.3 Å². The van der Waals surface area contributed by atoms with Crippen LogP contribution in [-0.4, -0.2) is 11.7 Å². The molecular formula is C12H20O. The molecule has 2 aliphatic carbocycles. The Morgan fingerprint density at radius 3 is 3.00 bits per heavy atom. The molecule has 1 heteroatoms. The van der Waals surface area contributed by atoms with E-state index in [1.54, 1.807) is 5.57 Å². The smallest absolute Gasteiger partial charge is 0.0431 e. The minimum atomic E-state index is 0.359. The number of hydrogen-bond acceptors (Lipinski definition) is 1. The van der Waals surface area contributed by atoms with Crippen molar-refractivity contribution in [3.05, 3.63) is 11.6 Å². The Morgan fingerprint density at radius 2 is 2.38 bits per heavy atom. The van der Waals surface area contributed by atoms with E-state index in [9.17, 15) is 0 Å². The predicted octanol–water partition coefficient (Wildman–Crippen LogP) is 2.75. The average Bonchev–Trinajstić information content (AvgIpc) is 2.69. The maximum absolute atomic E-state index is 8.83. The second-order valence-electron chi connectivity index (χ2n) is 5.02. The van der Waals surface area contributed by atoms with Gasteiger partial charge in [-0.25, -0.2) is 0 Å². The Hall–Kier alpha value is -0.300. The largest absolute Gasteiger partial charge is 0.396 e. The van der Waals surface area contributed by atoms with Gasteiger partial charge in [-0.15, -0.1) is 0 Å². The van der Waals surface area contributed by atoms with E-state index in [0.29, 0.717) is 12.0 Å². The van der Waals surface area contributed by atoms with E-state index < -0.39 is 0 Å². The molecule has 0 spiro atoms. The molecule has 0 saturated heterocycles. The van der Waals surface area contributed by atoms with E-state index in [2.05, 4.69) is 19.9 Å². The third-order valence-corrected chi connectivity index (χ3v) is 4.12. The maximum Gasteiger partial charge on any atom is 0.0431 e. The summed E-state index contributed by atoms with van der Waals surface area (Å²) in [6, 6.07) is 0. The number of fused-ring (bicyclic) bond motifs is 1. The fraction of sp³-hybridized carbons (Fsp3) is 0.833. The molecule has 1 saturated carbocycles. The summed E-state index contributed by atoms with van der Waals surface area (Å²) in [5, 5.41) is 8.83. The second-order valence-corrected chi connectivity index (χ2v) is 5.02. The van der Waals surface area contributed by atoms with Gasteiger partial charge in [0.1, 0.15) is 0 Å². The zero-order chi connectivity index (χ0) is 9.47. The van der Waals surface area contributed by atoms with Crippen LogP contribution in [0.5, 0.6) is 0 Å². The minimum Gasteiger partial charge on any atom is -0.396 e. The normalized spacial score (nSPS) is 42.5. The summed E-state index contributed by atoms with van der Waals surface area (Å²) in [5.41, 5.74) is 2.12. The van der Waals surface area contributed by atoms with E-state index >= 15 is 0 Å². The molecule has 0 aromatic carbocycles. The van der Waals surface area contributed by atoms with Gasteiger partial charge in [0, 0.05) is 6.61 Å². The van der Waals surface area contributed by atoms with Crippen molar-refractivity contribution in [3.8, 4) is 0 Å². The zero-order valence-electron chi connectivity index (χ0n) is 8.71. The van der Waals surface area contributed by atoms with Crippen LogP contribution in [0.2, 0.25) is 0 Å². The summed E-state index contributed by atoms with van der Waals surface area (Å²) in [6.45, 7) is 5.01. The lowest BCUT2D eigenvalue weighted by atomic mass is 9.97. The first kappa shape index (κ1) is 9.26. The highest BCUT2D eigenvalue weighted by Crippen LogP contribution is 2.66. The minimum absolute atomic E-state index is 0.359. The molecule has 0 radical (unpaired) electrons. The molecule has 3 atom stereocenters. The van der Waals surface area contributed by atoms with E-state index in [-0.39, 0.29) is 0 Å². The van der Waals surface area contributed by atoms with Crippen molar-refractivity contribution in [2.45, 2.75) is 39.5 Å². The Bertz CT molecular complexity index is 231. The van der Waals surface area contributed by atoms with Crippen LogP contribution in [0.1, 0.15) is 39.5 Å². The van der Waals surface area contributed by atoms with Crippen molar-refractivity contribution in [3.63, 3.8) is 0 Å². The van der Waals surface area contributed by atoms with Crippen molar-refractivity contribution in [1.29, 1.82) is 0 Å². The van der Waals surface area contributed by atoms with Gasteiger partial charge in [-0.1, -0.05) is 18.6 Å². The molecule has 1 fully saturated rings. The highest BCUT2D eigenvalue weighted by Gasteiger charge is 2.59. The van der Waals surface area contributed by atoms with Crippen LogP contribution >= 0.6 is 0 Å². The van der Waals surface area contributed by atoms with Crippen molar-refractivity contribution in [2.75, 3.05) is 6.61 Å². The van der Waals surface area contributed by atoms with Gasteiger partial charge in [0.2, 0.25) is 0 Å². The molecule has 1 N–H and O–H groups in total.